The van der Waals surface area contributed by atoms with Crippen molar-refractivity contribution in [3.05, 3.63) is 11.6 Å². The Morgan fingerprint density at radius 3 is 2.69 bits per heavy atom. The van der Waals surface area contributed by atoms with Crippen molar-refractivity contribution in [1.29, 1.82) is 0 Å². The summed E-state index contributed by atoms with van der Waals surface area (Å²) in [7, 11) is 1.40. The van der Waals surface area contributed by atoms with Crippen LogP contribution in [0.2, 0.25) is 0 Å². The summed E-state index contributed by atoms with van der Waals surface area (Å²) in [5, 5.41) is 0. The van der Waals surface area contributed by atoms with E-state index in [1.54, 1.807) is 6.08 Å². The summed E-state index contributed by atoms with van der Waals surface area (Å²) in [5.74, 6) is 0.307. The summed E-state index contributed by atoms with van der Waals surface area (Å²) in [5.41, 5.74) is 1.04. The van der Waals surface area contributed by atoms with Gasteiger partial charge in [-0.1, -0.05) is 19.4 Å². The van der Waals surface area contributed by atoms with E-state index >= 15 is 0 Å². The van der Waals surface area contributed by atoms with E-state index in [4.69, 9.17) is 0 Å². The SMILES string of the molecule is COC(=O)CCC1C(C)=CC(=O)CC1(C)C. The third-order valence-electron chi connectivity index (χ3n) is 3.38. The maximum Gasteiger partial charge on any atom is 0.305 e. The van der Waals surface area contributed by atoms with Crippen LogP contribution in [0, 0.1) is 11.3 Å². The van der Waals surface area contributed by atoms with Crippen LogP contribution in [-0.4, -0.2) is 18.9 Å². The molecule has 1 aliphatic rings. The number of carbonyl (C=O) groups excluding carboxylic acids is 2. The molecule has 0 aromatic carbocycles. The molecule has 1 unspecified atom stereocenters. The van der Waals surface area contributed by atoms with E-state index in [0.717, 1.165) is 12.0 Å². The maximum atomic E-state index is 11.5. The van der Waals surface area contributed by atoms with Gasteiger partial charge in [0.1, 0.15) is 0 Å². The Kier molecular flexibility index (Phi) is 3.89. The summed E-state index contributed by atoms with van der Waals surface area (Å²) in [6, 6.07) is 0. The lowest BCUT2D eigenvalue weighted by molar-refractivity contribution is -0.141. The summed E-state index contributed by atoms with van der Waals surface area (Å²) in [6.07, 6.45) is 3.46. The zero-order chi connectivity index (χ0) is 12.3. The Bertz CT molecular complexity index is 326. The molecular weight excluding hydrogens is 204 g/mol. The number of methoxy groups -OCH3 is 1. The highest BCUT2D eigenvalue weighted by molar-refractivity contribution is 5.92. The standard InChI is InChI=1S/C13H20O3/c1-9-7-10(14)8-13(2,3)11(9)5-6-12(15)16-4/h7,11H,5-6,8H2,1-4H3. The first kappa shape index (κ1) is 12.9. The fraction of sp³-hybridized carbons (Fsp3) is 0.692. The van der Waals surface area contributed by atoms with E-state index in [0.29, 0.717) is 18.8 Å². The minimum absolute atomic E-state index is 0.0516. The molecule has 0 spiro atoms. The molecule has 0 aromatic rings. The third-order valence-corrected chi connectivity index (χ3v) is 3.38. The maximum absolute atomic E-state index is 11.5. The predicted molar refractivity (Wildman–Crippen MR) is 61.9 cm³/mol. The smallest absolute Gasteiger partial charge is 0.305 e. The van der Waals surface area contributed by atoms with Gasteiger partial charge in [0.05, 0.1) is 7.11 Å². The van der Waals surface area contributed by atoms with Gasteiger partial charge in [0.25, 0.3) is 0 Å². The molecule has 0 radical (unpaired) electrons. The fourth-order valence-corrected chi connectivity index (χ4v) is 2.58. The van der Waals surface area contributed by atoms with Gasteiger partial charge < -0.3 is 4.74 Å². The van der Waals surface area contributed by atoms with Gasteiger partial charge in [-0.25, -0.2) is 0 Å². The number of ketones is 1. The van der Waals surface area contributed by atoms with Gasteiger partial charge in [-0.05, 0) is 30.8 Å². The van der Waals surface area contributed by atoms with Crippen molar-refractivity contribution >= 4 is 11.8 Å². The highest BCUT2D eigenvalue weighted by Crippen LogP contribution is 2.42. The largest absolute Gasteiger partial charge is 0.469 e. The van der Waals surface area contributed by atoms with Crippen LogP contribution in [0.4, 0.5) is 0 Å². The molecule has 0 aliphatic heterocycles. The minimum atomic E-state index is -0.180. The Labute approximate surface area is 96.9 Å². The Morgan fingerprint density at radius 2 is 2.19 bits per heavy atom. The minimum Gasteiger partial charge on any atom is -0.469 e. The molecule has 1 aliphatic carbocycles. The van der Waals surface area contributed by atoms with Crippen molar-refractivity contribution in [2.45, 2.75) is 40.0 Å². The molecule has 0 saturated carbocycles. The van der Waals surface area contributed by atoms with Gasteiger partial charge in [-0.2, -0.15) is 0 Å². The van der Waals surface area contributed by atoms with Crippen molar-refractivity contribution in [3.63, 3.8) is 0 Å². The van der Waals surface area contributed by atoms with Crippen molar-refractivity contribution < 1.29 is 14.3 Å². The molecule has 0 aromatic heterocycles. The molecule has 90 valence electrons. The summed E-state index contributed by atoms with van der Waals surface area (Å²) >= 11 is 0. The number of hydrogen-bond donors (Lipinski definition) is 0. The van der Waals surface area contributed by atoms with E-state index in [1.165, 1.54) is 7.11 Å². The van der Waals surface area contributed by atoms with Gasteiger partial charge in [0.2, 0.25) is 0 Å². The second-order valence-corrected chi connectivity index (χ2v) is 5.19. The van der Waals surface area contributed by atoms with Gasteiger partial charge in [0.15, 0.2) is 5.78 Å². The first-order valence-corrected chi connectivity index (χ1v) is 5.64. The second kappa shape index (κ2) is 4.81. The molecule has 0 heterocycles. The van der Waals surface area contributed by atoms with Crippen LogP contribution in [0.1, 0.15) is 40.0 Å². The number of hydrogen-bond acceptors (Lipinski definition) is 3. The van der Waals surface area contributed by atoms with E-state index in [2.05, 4.69) is 18.6 Å². The lowest BCUT2D eigenvalue weighted by atomic mass is 9.66. The summed E-state index contributed by atoms with van der Waals surface area (Å²) in [6.45, 7) is 6.15. The first-order chi connectivity index (χ1) is 7.36. The van der Waals surface area contributed by atoms with Crippen molar-refractivity contribution in [2.75, 3.05) is 7.11 Å². The molecule has 0 saturated heterocycles. The summed E-state index contributed by atoms with van der Waals surface area (Å²) in [4.78, 5) is 22.6. The van der Waals surface area contributed by atoms with Gasteiger partial charge in [-0.15, -0.1) is 0 Å². The van der Waals surface area contributed by atoms with Gasteiger partial charge >= 0.3 is 5.97 Å². The highest BCUT2D eigenvalue weighted by Gasteiger charge is 2.35. The molecule has 3 heteroatoms. The van der Waals surface area contributed by atoms with Gasteiger partial charge in [-0.3, -0.25) is 9.59 Å². The Morgan fingerprint density at radius 1 is 1.56 bits per heavy atom. The average Bonchev–Trinajstić information content (AvgIpc) is 2.14. The molecule has 3 nitrogen and oxygen atoms in total. The number of ether oxygens (including phenoxy) is 1. The van der Waals surface area contributed by atoms with Crippen LogP contribution in [0.3, 0.4) is 0 Å². The Hall–Kier alpha value is -1.12. The number of carbonyl (C=O) groups is 2. The van der Waals surface area contributed by atoms with Gasteiger partial charge in [0, 0.05) is 12.8 Å². The number of esters is 1. The molecule has 16 heavy (non-hydrogen) atoms. The normalized spacial score (nSPS) is 23.9. The molecular formula is C13H20O3. The molecule has 0 bridgehead atoms. The zero-order valence-corrected chi connectivity index (χ0v) is 10.5. The third kappa shape index (κ3) is 2.94. The van der Waals surface area contributed by atoms with Crippen molar-refractivity contribution in [3.8, 4) is 0 Å². The quantitative estimate of drug-likeness (QED) is 0.692. The topological polar surface area (TPSA) is 43.4 Å². The van der Waals surface area contributed by atoms with E-state index in [9.17, 15) is 9.59 Å². The monoisotopic (exact) mass is 224 g/mol. The van der Waals surface area contributed by atoms with E-state index < -0.39 is 0 Å². The second-order valence-electron chi connectivity index (χ2n) is 5.19. The van der Waals surface area contributed by atoms with Crippen molar-refractivity contribution in [2.24, 2.45) is 11.3 Å². The molecule has 0 N–H and O–H groups in total. The van der Waals surface area contributed by atoms with Crippen LogP contribution in [0.25, 0.3) is 0 Å². The zero-order valence-electron chi connectivity index (χ0n) is 10.5. The predicted octanol–water partition coefficient (Wildman–Crippen LogP) is 2.50. The first-order valence-electron chi connectivity index (χ1n) is 5.64. The van der Waals surface area contributed by atoms with Crippen LogP contribution in [0.15, 0.2) is 11.6 Å². The van der Waals surface area contributed by atoms with Crippen LogP contribution in [0.5, 0.6) is 0 Å². The summed E-state index contributed by atoms with van der Waals surface area (Å²) < 4.78 is 4.64. The fourth-order valence-electron chi connectivity index (χ4n) is 2.58. The molecule has 0 fully saturated rings. The van der Waals surface area contributed by atoms with Crippen molar-refractivity contribution in [1.82, 2.24) is 0 Å². The Balaban J connectivity index is 2.73. The van der Waals surface area contributed by atoms with E-state index in [1.807, 2.05) is 6.92 Å². The van der Waals surface area contributed by atoms with Crippen LogP contribution < -0.4 is 0 Å². The lowest BCUT2D eigenvalue weighted by Gasteiger charge is -2.37. The lowest BCUT2D eigenvalue weighted by Crippen LogP contribution is -2.32. The molecule has 1 rings (SSSR count). The number of rotatable bonds is 3. The molecule has 1 atom stereocenters. The highest BCUT2D eigenvalue weighted by atomic mass is 16.5. The van der Waals surface area contributed by atoms with Crippen LogP contribution in [-0.2, 0) is 14.3 Å². The number of allylic oxidation sites excluding steroid dienone is 2. The average molecular weight is 224 g/mol. The molecule has 0 amide bonds. The van der Waals surface area contributed by atoms with E-state index in [-0.39, 0.29) is 17.2 Å². The van der Waals surface area contributed by atoms with Crippen LogP contribution >= 0.6 is 0 Å².